The van der Waals surface area contributed by atoms with Crippen molar-refractivity contribution in [1.82, 2.24) is 20.4 Å². The number of hydrazine groups is 1. The van der Waals surface area contributed by atoms with E-state index in [1.165, 1.54) is 11.8 Å². The summed E-state index contributed by atoms with van der Waals surface area (Å²) in [7, 11) is 7.37. The Morgan fingerprint density at radius 3 is 2.06 bits per heavy atom. The molecule has 0 aromatic carbocycles. The molecule has 9 heteroatoms. The van der Waals surface area contributed by atoms with Gasteiger partial charge in [0, 0.05) is 28.2 Å². The third kappa shape index (κ3) is 4.00. The Kier molecular flexibility index (Phi) is 5.10. The SMILES string of the molecule is CN(C)c1nc(SCC(=O)NN)nc(N(C)C)n1. The molecule has 0 spiro atoms. The third-order valence-corrected chi connectivity index (χ3v) is 2.73. The second kappa shape index (κ2) is 6.36. The molecule has 0 saturated carbocycles. The van der Waals surface area contributed by atoms with Crippen LogP contribution < -0.4 is 21.1 Å². The summed E-state index contributed by atoms with van der Waals surface area (Å²) in [4.78, 5) is 27.4. The van der Waals surface area contributed by atoms with Gasteiger partial charge in [0.2, 0.25) is 17.8 Å². The number of carbonyl (C=O) groups excluding carboxylic acids is 1. The highest BCUT2D eigenvalue weighted by atomic mass is 32.2. The van der Waals surface area contributed by atoms with Crippen molar-refractivity contribution >= 4 is 29.6 Å². The summed E-state index contributed by atoms with van der Waals surface area (Å²) < 4.78 is 0. The summed E-state index contributed by atoms with van der Waals surface area (Å²) in [6, 6.07) is 0. The number of amides is 1. The molecule has 0 aliphatic heterocycles. The Morgan fingerprint density at radius 2 is 1.67 bits per heavy atom. The molecule has 1 amide bonds. The molecule has 18 heavy (non-hydrogen) atoms. The number of nitrogens with two attached hydrogens (primary N) is 1. The first-order valence-corrected chi connectivity index (χ1v) is 6.15. The molecule has 1 aromatic heterocycles. The van der Waals surface area contributed by atoms with Gasteiger partial charge in [-0.1, -0.05) is 11.8 Å². The summed E-state index contributed by atoms with van der Waals surface area (Å²) in [6.07, 6.45) is 0. The Hall–Kier alpha value is -1.61. The molecule has 0 bridgehead atoms. The highest BCUT2D eigenvalue weighted by Crippen LogP contribution is 2.18. The molecular weight excluding hydrogens is 254 g/mol. The zero-order valence-electron chi connectivity index (χ0n) is 10.8. The number of rotatable bonds is 5. The average Bonchev–Trinajstić information content (AvgIpc) is 2.35. The molecule has 1 rings (SSSR count). The second-order valence-corrected chi connectivity index (χ2v) is 4.81. The Bertz CT molecular complexity index is 397. The molecule has 0 saturated heterocycles. The summed E-state index contributed by atoms with van der Waals surface area (Å²) in [5.41, 5.74) is 2.06. The van der Waals surface area contributed by atoms with E-state index in [2.05, 4.69) is 20.4 Å². The number of carbonyl (C=O) groups is 1. The first-order valence-electron chi connectivity index (χ1n) is 5.17. The Balaban J connectivity index is 2.92. The number of hydrogen-bond donors (Lipinski definition) is 2. The van der Waals surface area contributed by atoms with Crippen LogP contribution in [-0.4, -0.2) is 54.8 Å². The number of hydrogen-bond acceptors (Lipinski definition) is 8. The minimum atomic E-state index is -0.279. The van der Waals surface area contributed by atoms with E-state index < -0.39 is 0 Å². The van der Waals surface area contributed by atoms with Gasteiger partial charge >= 0.3 is 0 Å². The third-order valence-electron chi connectivity index (χ3n) is 1.88. The fourth-order valence-corrected chi connectivity index (χ4v) is 1.61. The Morgan fingerprint density at radius 1 is 1.17 bits per heavy atom. The lowest BCUT2D eigenvalue weighted by Crippen LogP contribution is -2.31. The molecule has 1 heterocycles. The van der Waals surface area contributed by atoms with Crippen molar-refractivity contribution in [3.05, 3.63) is 0 Å². The van der Waals surface area contributed by atoms with Crippen molar-refractivity contribution in [2.75, 3.05) is 43.7 Å². The van der Waals surface area contributed by atoms with Crippen LogP contribution in [-0.2, 0) is 4.79 Å². The number of thioether (sulfide) groups is 1. The highest BCUT2D eigenvalue weighted by molar-refractivity contribution is 7.99. The van der Waals surface area contributed by atoms with E-state index in [4.69, 9.17) is 5.84 Å². The maximum atomic E-state index is 11.1. The lowest BCUT2D eigenvalue weighted by molar-refractivity contribution is -0.118. The smallest absolute Gasteiger partial charge is 0.244 e. The van der Waals surface area contributed by atoms with Crippen LogP contribution in [0.1, 0.15) is 0 Å². The number of nitrogens with zero attached hydrogens (tertiary/aromatic N) is 5. The lowest BCUT2D eigenvalue weighted by atomic mass is 10.7. The van der Waals surface area contributed by atoms with E-state index in [1.807, 2.05) is 28.2 Å². The van der Waals surface area contributed by atoms with Crippen LogP contribution in [0.3, 0.4) is 0 Å². The monoisotopic (exact) mass is 271 g/mol. The summed E-state index contributed by atoms with van der Waals surface area (Å²) in [5.74, 6) is 5.99. The number of aromatic nitrogens is 3. The van der Waals surface area contributed by atoms with E-state index in [0.29, 0.717) is 17.1 Å². The van der Waals surface area contributed by atoms with Crippen molar-refractivity contribution in [2.45, 2.75) is 5.16 Å². The maximum Gasteiger partial charge on any atom is 0.244 e. The van der Waals surface area contributed by atoms with Crippen molar-refractivity contribution in [3.63, 3.8) is 0 Å². The quantitative estimate of drug-likeness (QED) is 0.307. The van der Waals surface area contributed by atoms with Crippen LogP contribution in [0.25, 0.3) is 0 Å². The number of anilines is 2. The van der Waals surface area contributed by atoms with Crippen molar-refractivity contribution < 1.29 is 4.79 Å². The van der Waals surface area contributed by atoms with E-state index in [9.17, 15) is 4.79 Å². The molecule has 0 unspecified atom stereocenters. The fraction of sp³-hybridized carbons (Fsp3) is 0.556. The zero-order valence-corrected chi connectivity index (χ0v) is 11.7. The molecule has 100 valence electrons. The minimum Gasteiger partial charge on any atom is -0.347 e. The largest absolute Gasteiger partial charge is 0.347 e. The van der Waals surface area contributed by atoms with Crippen LogP contribution in [0.2, 0.25) is 0 Å². The predicted octanol–water partition coefficient (Wildman–Crippen LogP) is -0.914. The summed E-state index contributed by atoms with van der Waals surface area (Å²) >= 11 is 1.21. The topological polar surface area (TPSA) is 100 Å². The fourth-order valence-electron chi connectivity index (χ4n) is 0.972. The van der Waals surface area contributed by atoms with E-state index in [-0.39, 0.29) is 11.7 Å². The maximum absolute atomic E-state index is 11.1. The van der Waals surface area contributed by atoms with Crippen LogP contribution in [0.5, 0.6) is 0 Å². The van der Waals surface area contributed by atoms with Gasteiger partial charge in [0.15, 0.2) is 5.16 Å². The molecule has 8 nitrogen and oxygen atoms in total. The van der Waals surface area contributed by atoms with Gasteiger partial charge in [0.1, 0.15) is 0 Å². The summed E-state index contributed by atoms with van der Waals surface area (Å²) in [5, 5.41) is 0.487. The Labute approximate surface area is 110 Å². The van der Waals surface area contributed by atoms with Gasteiger partial charge in [-0.15, -0.1) is 0 Å². The van der Waals surface area contributed by atoms with Crippen LogP contribution in [0.15, 0.2) is 5.16 Å². The molecule has 0 atom stereocenters. The second-order valence-electron chi connectivity index (χ2n) is 3.86. The van der Waals surface area contributed by atoms with Gasteiger partial charge in [0.25, 0.3) is 0 Å². The zero-order chi connectivity index (χ0) is 13.7. The molecule has 0 aliphatic rings. The van der Waals surface area contributed by atoms with Crippen molar-refractivity contribution in [1.29, 1.82) is 0 Å². The summed E-state index contributed by atoms with van der Waals surface area (Å²) in [6.45, 7) is 0. The minimum absolute atomic E-state index is 0.167. The normalized spacial score (nSPS) is 10.1. The molecule has 0 radical (unpaired) electrons. The molecular formula is C9H17N7OS. The van der Waals surface area contributed by atoms with Gasteiger partial charge < -0.3 is 9.80 Å². The van der Waals surface area contributed by atoms with E-state index in [1.54, 1.807) is 9.80 Å². The molecule has 3 N–H and O–H groups in total. The predicted molar refractivity (Wildman–Crippen MR) is 71.5 cm³/mol. The first-order chi connectivity index (χ1) is 8.43. The molecule has 1 aromatic rings. The van der Waals surface area contributed by atoms with E-state index >= 15 is 0 Å². The molecule has 0 fully saturated rings. The van der Waals surface area contributed by atoms with Gasteiger partial charge in [0.05, 0.1) is 5.75 Å². The molecule has 0 aliphatic carbocycles. The van der Waals surface area contributed by atoms with Crippen LogP contribution in [0, 0.1) is 0 Å². The van der Waals surface area contributed by atoms with Gasteiger partial charge in [-0.05, 0) is 0 Å². The standard InChI is InChI=1S/C9H17N7OS/c1-15(2)7-11-8(16(3)4)13-9(12-7)18-5-6(17)14-10/h5,10H2,1-4H3,(H,14,17). The van der Waals surface area contributed by atoms with Gasteiger partial charge in [-0.3, -0.25) is 10.2 Å². The van der Waals surface area contributed by atoms with Crippen molar-refractivity contribution in [3.8, 4) is 0 Å². The van der Waals surface area contributed by atoms with Crippen LogP contribution >= 0.6 is 11.8 Å². The lowest BCUT2D eigenvalue weighted by Gasteiger charge is -2.15. The van der Waals surface area contributed by atoms with Crippen molar-refractivity contribution in [2.24, 2.45) is 5.84 Å². The highest BCUT2D eigenvalue weighted by Gasteiger charge is 2.11. The van der Waals surface area contributed by atoms with Gasteiger partial charge in [-0.25, -0.2) is 5.84 Å². The van der Waals surface area contributed by atoms with E-state index in [0.717, 1.165) is 0 Å². The first kappa shape index (κ1) is 14.5. The van der Waals surface area contributed by atoms with Crippen LogP contribution in [0.4, 0.5) is 11.9 Å². The number of nitrogens with one attached hydrogen (secondary N) is 1. The van der Waals surface area contributed by atoms with Gasteiger partial charge in [-0.2, -0.15) is 15.0 Å². The average molecular weight is 271 g/mol.